The number of carbonyl (C=O) groups excluding carboxylic acids is 1. The molecular formula is C6H5N5O3S2. The molecule has 0 N–H and O–H groups in total. The summed E-state index contributed by atoms with van der Waals surface area (Å²) in [7, 11) is 1.55. The largest absolute Gasteiger partial charge is 0.492 e. The van der Waals surface area contributed by atoms with Crippen LogP contribution in [0.15, 0.2) is 10.1 Å². The Morgan fingerprint density at radius 1 is 1.62 bits per heavy atom. The second-order valence-electron chi connectivity index (χ2n) is 2.74. The van der Waals surface area contributed by atoms with E-state index in [9.17, 15) is 14.9 Å². The van der Waals surface area contributed by atoms with Gasteiger partial charge >= 0.3 is 5.95 Å². The van der Waals surface area contributed by atoms with Gasteiger partial charge in [-0.15, -0.1) is 0 Å². The van der Waals surface area contributed by atoms with Crippen molar-refractivity contribution in [2.45, 2.75) is 5.16 Å². The number of aromatic nitrogens is 3. The molecule has 0 fully saturated rings. The average molecular weight is 259 g/mol. The summed E-state index contributed by atoms with van der Waals surface area (Å²) in [6, 6.07) is 0. The van der Waals surface area contributed by atoms with Crippen LogP contribution >= 0.6 is 23.5 Å². The maximum absolute atomic E-state index is 10.9. The van der Waals surface area contributed by atoms with E-state index in [1.807, 2.05) is 0 Å². The molecule has 2 heterocycles. The van der Waals surface area contributed by atoms with Crippen molar-refractivity contribution in [3.63, 3.8) is 0 Å². The standard InChI is InChI=1S/C6H5N5O3S2/c1-10-5(8-4(9-10)11(13)14)16-6-7-3(12)2-15-6/h2H2,1H3. The lowest BCUT2D eigenvalue weighted by Crippen LogP contribution is -1.95. The Balaban J connectivity index is 2.18. The highest BCUT2D eigenvalue weighted by molar-refractivity contribution is 8.39. The fraction of sp³-hybridized carbons (Fsp3) is 0.333. The van der Waals surface area contributed by atoms with Gasteiger partial charge in [-0.05, 0) is 21.7 Å². The topological polar surface area (TPSA) is 103 Å². The van der Waals surface area contributed by atoms with Crippen molar-refractivity contribution in [3.05, 3.63) is 10.1 Å². The van der Waals surface area contributed by atoms with Gasteiger partial charge in [0.15, 0.2) is 0 Å². The summed E-state index contributed by atoms with van der Waals surface area (Å²) >= 11 is 2.38. The number of aliphatic imine (C=N–C) groups is 1. The monoisotopic (exact) mass is 259 g/mol. The van der Waals surface area contributed by atoms with Gasteiger partial charge in [0, 0.05) is 12.1 Å². The summed E-state index contributed by atoms with van der Waals surface area (Å²) in [6.07, 6.45) is 0. The van der Waals surface area contributed by atoms with Crippen LogP contribution in [0.3, 0.4) is 0 Å². The first-order chi connectivity index (χ1) is 7.56. The minimum atomic E-state index is -0.668. The Morgan fingerprint density at radius 2 is 2.38 bits per heavy atom. The fourth-order valence-electron chi connectivity index (χ4n) is 0.944. The SMILES string of the molecule is Cn1nc([N+](=O)[O-])nc1SC1=NC(=O)CS1. The number of rotatable bonds is 2. The zero-order valence-electron chi connectivity index (χ0n) is 7.98. The first kappa shape index (κ1) is 11.1. The number of hydrogen-bond acceptors (Lipinski definition) is 7. The summed E-state index contributed by atoms with van der Waals surface area (Å²) in [6.45, 7) is 0. The molecule has 0 bridgehead atoms. The summed E-state index contributed by atoms with van der Waals surface area (Å²) < 4.78 is 1.82. The number of hydrogen-bond donors (Lipinski definition) is 0. The van der Waals surface area contributed by atoms with Gasteiger partial charge < -0.3 is 10.1 Å². The average Bonchev–Trinajstić information content (AvgIpc) is 2.75. The van der Waals surface area contributed by atoms with Gasteiger partial charge in [0.2, 0.25) is 0 Å². The highest BCUT2D eigenvalue weighted by Gasteiger charge is 2.24. The van der Waals surface area contributed by atoms with E-state index in [2.05, 4.69) is 15.1 Å². The lowest BCUT2D eigenvalue weighted by atomic mass is 10.8. The zero-order chi connectivity index (χ0) is 11.7. The van der Waals surface area contributed by atoms with Crippen molar-refractivity contribution in [1.82, 2.24) is 14.8 Å². The first-order valence-corrected chi connectivity index (χ1v) is 5.84. The minimum absolute atomic E-state index is 0.204. The molecule has 16 heavy (non-hydrogen) atoms. The van der Waals surface area contributed by atoms with E-state index in [1.165, 1.54) is 16.4 Å². The Kier molecular flexibility index (Phi) is 2.92. The second-order valence-corrected chi connectivity index (χ2v) is 4.92. The number of thioether (sulfide) groups is 2. The number of amides is 1. The summed E-state index contributed by atoms with van der Waals surface area (Å²) in [5.41, 5.74) is 0. The highest BCUT2D eigenvalue weighted by atomic mass is 32.2. The Labute approximate surface area is 97.7 Å². The third-order valence-corrected chi connectivity index (χ3v) is 3.73. The second kappa shape index (κ2) is 4.22. The van der Waals surface area contributed by atoms with Crippen molar-refractivity contribution in [1.29, 1.82) is 0 Å². The van der Waals surface area contributed by atoms with E-state index < -0.39 is 10.9 Å². The summed E-state index contributed by atoms with van der Waals surface area (Å²) in [5.74, 6) is -0.355. The molecule has 1 amide bonds. The minimum Gasteiger partial charge on any atom is -0.390 e. The smallest absolute Gasteiger partial charge is 0.390 e. The van der Waals surface area contributed by atoms with Crippen LogP contribution in [0.1, 0.15) is 0 Å². The van der Waals surface area contributed by atoms with Crippen molar-refractivity contribution in [2.75, 3.05) is 5.75 Å². The Bertz CT molecular complexity index is 496. The molecule has 84 valence electrons. The molecule has 0 aliphatic carbocycles. The molecule has 1 aliphatic heterocycles. The van der Waals surface area contributed by atoms with Crippen LogP contribution in [0, 0.1) is 10.1 Å². The van der Waals surface area contributed by atoms with E-state index in [0.717, 1.165) is 11.8 Å². The van der Waals surface area contributed by atoms with E-state index in [0.29, 0.717) is 15.3 Å². The van der Waals surface area contributed by atoms with Crippen molar-refractivity contribution in [2.24, 2.45) is 12.0 Å². The third kappa shape index (κ3) is 2.22. The normalized spacial score (nSPS) is 15.3. The first-order valence-electron chi connectivity index (χ1n) is 4.04. The molecule has 10 heteroatoms. The highest BCUT2D eigenvalue weighted by Crippen LogP contribution is 2.28. The lowest BCUT2D eigenvalue weighted by Gasteiger charge is -1.91. The lowest BCUT2D eigenvalue weighted by molar-refractivity contribution is -0.394. The maximum atomic E-state index is 10.9. The molecule has 0 saturated carbocycles. The molecule has 0 unspecified atom stereocenters. The van der Waals surface area contributed by atoms with Gasteiger partial charge in [0.05, 0.1) is 5.75 Å². The zero-order valence-corrected chi connectivity index (χ0v) is 9.62. The van der Waals surface area contributed by atoms with Crippen molar-refractivity contribution in [3.8, 4) is 0 Å². The van der Waals surface area contributed by atoms with Gasteiger partial charge in [-0.3, -0.25) is 4.79 Å². The van der Waals surface area contributed by atoms with Crippen LogP contribution in [0.25, 0.3) is 0 Å². The Morgan fingerprint density at radius 3 is 2.88 bits per heavy atom. The van der Waals surface area contributed by atoms with Gasteiger partial charge in [-0.1, -0.05) is 11.8 Å². The van der Waals surface area contributed by atoms with Crippen LogP contribution in [0.4, 0.5) is 5.95 Å². The van der Waals surface area contributed by atoms with Crippen molar-refractivity contribution < 1.29 is 9.72 Å². The van der Waals surface area contributed by atoms with Gasteiger partial charge in [-0.25, -0.2) is 0 Å². The number of nitro groups is 1. The molecule has 1 aliphatic rings. The van der Waals surface area contributed by atoms with Gasteiger partial charge in [0.1, 0.15) is 4.38 Å². The Hall–Kier alpha value is -1.42. The molecule has 0 atom stereocenters. The van der Waals surface area contributed by atoms with E-state index >= 15 is 0 Å². The molecule has 0 saturated heterocycles. The maximum Gasteiger partial charge on any atom is 0.492 e. The molecule has 8 nitrogen and oxygen atoms in total. The van der Waals surface area contributed by atoms with Crippen LogP contribution in [0.2, 0.25) is 0 Å². The van der Waals surface area contributed by atoms with E-state index in [-0.39, 0.29) is 5.91 Å². The van der Waals surface area contributed by atoms with E-state index in [4.69, 9.17) is 0 Å². The van der Waals surface area contributed by atoms with Crippen LogP contribution in [-0.4, -0.2) is 35.7 Å². The molecule has 1 aromatic heterocycles. The van der Waals surface area contributed by atoms with E-state index in [1.54, 1.807) is 7.05 Å². The molecular weight excluding hydrogens is 254 g/mol. The number of nitrogens with zero attached hydrogens (tertiary/aromatic N) is 5. The predicted molar refractivity (Wildman–Crippen MR) is 58.4 cm³/mol. The third-order valence-electron chi connectivity index (χ3n) is 1.59. The van der Waals surface area contributed by atoms with Gasteiger partial charge in [0.25, 0.3) is 11.1 Å². The van der Waals surface area contributed by atoms with Crippen LogP contribution < -0.4 is 0 Å². The van der Waals surface area contributed by atoms with Gasteiger partial charge in [-0.2, -0.15) is 9.67 Å². The quantitative estimate of drug-likeness (QED) is 0.560. The van der Waals surface area contributed by atoms with Crippen LogP contribution in [-0.2, 0) is 11.8 Å². The molecule has 2 rings (SSSR count). The molecule has 0 radical (unpaired) electrons. The summed E-state index contributed by atoms with van der Waals surface area (Å²) in [5, 5.41) is 14.4. The predicted octanol–water partition coefficient (Wildman–Crippen LogP) is 0.445. The molecule has 1 aromatic rings. The van der Waals surface area contributed by atoms with Crippen LogP contribution in [0.5, 0.6) is 0 Å². The molecule has 0 aromatic carbocycles. The fourth-order valence-corrected chi connectivity index (χ4v) is 2.66. The number of carbonyl (C=O) groups is 1. The summed E-state index contributed by atoms with van der Waals surface area (Å²) in [4.78, 5) is 28.1. The van der Waals surface area contributed by atoms with Crippen molar-refractivity contribution >= 4 is 39.8 Å². The number of aryl methyl sites for hydroxylation is 1. The molecule has 0 spiro atoms.